The number of furan rings is 1. The Labute approximate surface area is 187 Å². The molecule has 31 heavy (non-hydrogen) atoms. The predicted octanol–water partition coefficient (Wildman–Crippen LogP) is 4.97. The summed E-state index contributed by atoms with van der Waals surface area (Å²) in [7, 11) is -3.13. The van der Waals surface area contributed by atoms with Gasteiger partial charge in [-0.25, -0.2) is 8.42 Å². The summed E-state index contributed by atoms with van der Waals surface area (Å²) in [5.41, 5.74) is 3.54. The molecule has 1 aliphatic heterocycles. The fourth-order valence-corrected chi connectivity index (χ4v) is 6.04. The molecule has 1 atom stereocenters. The van der Waals surface area contributed by atoms with Crippen molar-refractivity contribution in [2.45, 2.75) is 45.2 Å². The molecule has 1 amide bonds. The standard InChI is InChI=1S/C24H26ClNO4S/c1-16(2)17-7-8-23-21(11-17)19(14-30-23)12-24(27)26(20-9-10-31(28,29)15-20)13-18-5-3-4-6-22(18)25/h3-8,11,14,16,20H,9-10,12-13,15H2,1-2H3. The third-order valence-electron chi connectivity index (χ3n) is 5.95. The summed E-state index contributed by atoms with van der Waals surface area (Å²) >= 11 is 6.33. The van der Waals surface area contributed by atoms with Gasteiger partial charge in [0.15, 0.2) is 9.84 Å². The molecule has 1 fully saturated rings. The highest BCUT2D eigenvalue weighted by Gasteiger charge is 2.35. The molecule has 1 unspecified atom stereocenters. The lowest BCUT2D eigenvalue weighted by atomic mass is 9.99. The highest BCUT2D eigenvalue weighted by Crippen LogP contribution is 2.28. The van der Waals surface area contributed by atoms with Crippen LogP contribution in [0.4, 0.5) is 0 Å². The SMILES string of the molecule is CC(C)c1ccc2occ(CC(=O)N(Cc3ccccc3Cl)C3CCS(=O)(=O)C3)c2c1. The molecule has 2 aromatic carbocycles. The molecule has 0 N–H and O–H groups in total. The number of fused-ring (bicyclic) bond motifs is 1. The average molecular weight is 460 g/mol. The van der Waals surface area contributed by atoms with Crippen molar-refractivity contribution < 1.29 is 17.6 Å². The third-order valence-corrected chi connectivity index (χ3v) is 8.07. The van der Waals surface area contributed by atoms with E-state index in [2.05, 4.69) is 19.9 Å². The van der Waals surface area contributed by atoms with E-state index in [0.29, 0.717) is 17.4 Å². The van der Waals surface area contributed by atoms with Gasteiger partial charge in [0.25, 0.3) is 0 Å². The molecular formula is C24H26ClNO4S. The number of rotatable bonds is 6. The second kappa shape index (κ2) is 8.67. The van der Waals surface area contributed by atoms with Crippen molar-refractivity contribution in [3.05, 3.63) is 70.4 Å². The molecule has 0 aliphatic carbocycles. The minimum atomic E-state index is -3.13. The van der Waals surface area contributed by atoms with Crippen LogP contribution in [0.15, 0.2) is 53.1 Å². The van der Waals surface area contributed by atoms with Crippen LogP contribution in [-0.2, 0) is 27.6 Å². The van der Waals surface area contributed by atoms with Crippen LogP contribution in [0.25, 0.3) is 11.0 Å². The smallest absolute Gasteiger partial charge is 0.227 e. The number of nitrogens with zero attached hydrogens (tertiary/aromatic N) is 1. The molecule has 0 saturated carbocycles. The zero-order valence-corrected chi connectivity index (χ0v) is 19.2. The van der Waals surface area contributed by atoms with Gasteiger partial charge in [-0.15, -0.1) is 0 Å². The van der Waals surface area contributed by atoms with Crippen molar-refractivity contribution in [3.8, 4) is 0 Å². The van der Waals surface area contributed by atoms with E-state index >= 15 is 0 Å². The van der Waals surface area contributed by atoms with Gasteiger partial charge in [0.1, 0.15) is 5.58 Å². The summed E-state index contributed by atoms with van der Waals surface area (Å²) in [5.74, 6) is 0.339. The topological polar surface area (TPSA) is 67.6 Å². The van der Waals surface area contributed by atoms with E-state index in [9.17, 15) is 13.2 Å². The van der Waals surface area contributed by atoms with Crippen LogP contribution in [0.1, 0.15) is 42.9 Å². The lowest BCUT2D eigenvalue weighted by molar-refractivity contribution is -0.133. The molecule has 1 aromatic heterocycles. The Hall–Kier alpha value is -2.31. The van der Waals surface area contributed by atoms with Crippen LogP contribution in [-0.4, -0.2) is 36.8 Å². The average Bonchev–Trinajstić information content (AvgIpc) is 3.29. The van der Waals surface area contributed by atoms with E-state index in [-0.39, 0.29) is 36.4 Å². The van der Waals surface area contributed by atoms with Gasteiger partial charge in [0.05, 0.1) is 24.2 Å². The lowest BCUT2D eigenvalue weighted by Crippen LogP contribution is -2.41. The first-order valence-corrected chi connectivity index (χ1v) is 12.7. The molecule has 7 heteroatoms. The molecule has 164 valence electrons. The van der Waals surface area contributed by atoms with Crippen LogP contribution in [0.2, 0.25) is 5.02 Å². The molecule has 1 aliphatic rings. The number of carbonyl (C=O) groups excluding carboxylic acids is 1. The molecule has 5 nitrogen and oxygen atoms in total. The highest BCUT2D eigenvalue weighted by atomic mass is 35.5. The number of halogens is 1. The van der Waals surface area contributed by atoms with Gasteiger partial charge in [-0.3, -0.25) is 4.79 Å². The van der Waals surface area contributed by atoms with Crippen LogP contribution < -0.4 is 0 Å². The second-order valence-electron chi connectivity index (χ2n) is 8.52. The molecule has 0 spiro atoms. The largest absolute Gasteiger partial charge is 0.464 e. The highest BCUT2D eigenvalue weighted by molar-refractivity contribution is 7.91. The van der Waals surface area contributed by atoms with E-state index in [1.807, 2.05) is 30.3 Å². The van der Waals surface area contributed by atoms with Crippen molar-refractivity contribution >= 4 is 38.3 Å². The Morgan fingerprint density at radius 1 is 1.19 bits per heavy atom. The Kier molecular flexibility index (Phi) is 6.13. The second-order valence-corrected chi connectivity index (χ2v) is 11.2. The molecule has 4 rings (SSSR count). The third kappa shape index (κ3) is 4.80. The maximum absolute atomic E-state index is 13.4. The number of hydrogen-bond donors (Lipinski definition) is 0. The number of benzene rings is 2. The maximum Gasteiger partial charge on any atom is 0.227 e. The van der Waals surface area contributed by atoms with Gasteiger partial charge in [-0.1, -0.05) is 49.7 Å². The van der Waals surface area contributed by atoms with Gasteiger partial charge in [0, 0.05) is 28.6 Å². The Morgan fingerprint density at radius 2 is 1.97 bits per heavy atom. The monoisotopic (exact) mass is 459 g/mol. The predicted molar refractivity (Wildman–Crippen MR) is 123 cm³/mol. The molecule has 0 radical (unpaired) electrons. The fraction of sp³-hybridized carbons (Fsp3) is 0.375. The molecular weight excluding hydrogens is 434 g/mol. The summed E-state index contributed by atoms with van der Waals surface area (Å²) in [6.45, 7) is 4.53. The lowest BCUT2D eigenvalue weighted by Gasteiger charge is -2.29. The number of carbonyl (C=O) groups is 1. The summed E-state index contributed by atoms with van der Waals surface area (Å²) in [4.78, 5) is 15.1. The normalized spacial score (nSPS) is 18.0. The van der Waals surface area contributed by atoms with Crippen LogP contribution in [0.5, 0.6) is 0 Å². The number of amides is 1. The minimum Gasteiger partial charge on any atom is -0.464 e. The summed E-state index contributed by atoms with van der Waals surface area (Å²) in [6, 6.07) is 13.0. The summed E-state index contributed by atoms with van der Waals surface area (Å²) in [6.07, 6.45) is 2.23. The molecule has 0 bridgehead atoms. The van der Waals surface area contributed by atoms with Crippen LogP contribution >= 0.6 is 11.6 Å². The Bertz CT molecular complexity index is 1220. The van der Waals surface area contributed by atoms with E-state index in [4.69, 9.17) is 16.0 Å². The van der Waals surface area contributed by atoms with E-state index in [1.54, 1.807) is 17.2 Å². The summed E-state index contributed by atoms with van der Waals surface area (Å²) < 4.78 is 29.9. The van der Waals surface area contributed by atoms with Gasteiger partial charge in [-0.05, 0) is 41.7 Å². The van der Waals surface area contributed by atoms with Crippen molar-refractivity contribution in [2.75, 3.05) is 11.5 Å². The zero-order valence-electron chi connectivity index (χ0n) is 17.7. The van der Waals surface area contributed by atoms with Crippen molar-refractivity contribution in [1.82, 2.24) is 4.90 Å². The van der Waals surface area contributed by atoms with Crippen LogP contribution in [0.3, 0.4) is 0 Å². The van der Waals surface area contributed by atoms with Crippen molar-refractivity contribution in [2.24, 2.45) is 0 Å². The Balaban J connectivity index is 1.64. The zero-order chi connectivity index (χ0) is 22.2. The number of hydrogen-bond acceptors (Lipinski definition) is 4. The summed E-state index contributed by atoms with van der Waals surface area (Å²) in [5, 5.41) is 1.49. The quantitative estimate of drug-likeness (QED) is 0.522. The maximum atomic E-state index is 13.4. The number of sulfone groups is 1. The molecule has 2 heterocycles. The fourth-order valence-electron chi connectivity index (χ4n) is 4.11. The van der Waals surface area contributed by atoms with Gasteiger partial charge >= 0.3 is 0 Å². The first kappa shape index (κ1) is 21.9. The van der Waals surface area contributed by atoms with Crippen LogP contribution in [0, 0.1) is 0 Å². The van der Waals surface area contributed by atoms with E-state index in [1.165, 1.54) is 5.56 Å². The molecule has 1 saturated heterocycles. The first-order valence-electron chi connectivity index (χ1n) is 10.5. The van der Waals surface area contributed by atoms with E-state index in [0.717, 1.165) is 22.1 Å². The van der Waals surface area contributed by atoms with Gasteiger partial charge in [-0.2, -0.15) is 0 Å². The van der Waals surface area contributed by atoms with E-state index < -0.39 is 9.84 Å². The van der Waals surface area contributed by atoms with Crippen molar-refractivity contribution in [3.63, 3.8) is 0 Å². The van der Waals surface area contributed by atoms with Gasteiger partial charge in [0.2, 0.25) is 5.91 Å². The first-order chi connectivity index (χ1) is 14.7. The van der Waals surface area contributed by atoms with Gasteiger partial charge < -0.3 is 9.32 Å². The Morgan fingerprint density at radius 3 is 2.65 bits per heavy atom. The van der Waals surface area contributed by atoms with Crippen molar-refractivity contribution in [1.29, 1.82) is 0 Å². The minimum absolute atomic E-state index is 0.00712. The molecule has 3 aromatic rings.